The fourth-order valence-corrected chi connectivity index (χ4v) is 7.85. The Hall–Kier alpha value is -6.91. The van der Waals surface area contributed by atoms with E-state index in [1.807, 2.05) is 18.2 Å². The van der Waals surface area contributed by atoms with E-state index in [2.05, 4.69) is 172 Å². The molecule has 2 aromatic heterocycles. The molecule has 4 heteroatoms. The molecule has 0 radical (unpaired) electrons. The Bertz CT molecular complexity index is 2920. The lowest BCUT2D eigenvalue weighted by molar-refractivity contribution is 0.627. The Labute approximate surface area is 300 Å². The topological polar surface area (TPSA) is 13.1 Å². The first-order valence-electron chi connectivity index (χ1n) is 17.5. The predicted molar refractivity (Wildman–Crippen MR) is 215 cm³/mol. The predicted octanol–water partition coefficient (Wildman–Crippen LogP) is 13.2. The number of aromatic nitrogens is 2. The van der Waals surface area contributed by atoms with E-state index in [1.165, 1.54) is 22.4 Å². The molecule has 3 nitrogen and oxygen atoms in total. The van der Waals surface area contributed by atoms with Crippen LogP contribution in [0.1, 0.15) is 0 Å². The van der Waals surface area contributed by atoms with E-state index in [-0.39, 0.29) is 5.82 Å². The maximum Gasteiger partial charge on any atom is 0.125 e. The van der Waals surface area contributed by atoms with Crippen LogP contribution in [0.3, 0.4) is 0 Å². The molecule has 0 spiro atoms. The summed E-state index contributed by atoms with van der Waals surface area (Å²) in [5.41, 5.74) is 11.6. The molecular formula is C48H32FN3. The lowest BCUT2D eigenvalue weighted by Crippen LogP contribution is -2.10. The van der Waals surface area contributed by atoms with Crippen molar-refractivity contribution in [1.82, 2.24) is 9.13 Å². The molecule has 0 aliphatic heterocycles. The third-order valence-corrected chi connectivity index (χ3v) is 10.1. The first-order chi connectivity index (χ1) is 25.7. The monoisotopic (exact) mass is 669 g/mol. The highest BCUT2D eigenvalue weighted by Crippen LogP contribution is 2.43. The quantitative estimate of drug-likeness (QED) is 0.172. The molecule has 10 rings (SSSR count). The maximum absolute atomic E-state index is 14.7. The molecule has 246 valence electrons. The number of anilines is 3. The van der Waals surface area contributed by atoms with Crippen LogP contribution in [0, 0.1) is 5.82 Å². The van der Waals surface area contributed by atoms with Gasteiger partial charge in [-0.05, 0) is 90.0 Å². The van der Waals surface area contributed by atoms with Gasteiger partial charge in [0, 0.05) is 50.0 Å². The van der Waals surface area contributed by atoms with Crippen molar-refractivity contribution in [3.05, 3.63) is 200 Å². The number of para-hydroxylation sites is 3. The van der Waals surface area contributed by atoms with Gasteiger partial charge in [0.25, 0.3) is 0 Å². The SMILES string of the molecule is Fc1cccc(-n2c3ccccc3c3ccc(N(c4cccc(-c5ccccc5)c4)c4ccc5c6ccccc6n(-c6ccccc6)c5c4)cc32)c1. The van der Waals surface area contributed by atoms with Gasteiger partial charge in [-0.3, -0.25) is 0 Å². The maximum atomic E-state index is 14.7. The summed E-state index contributed by atoms with van der Waals surface area (Å²) < 4.78 is 19.3. The number of benzene rings is 8. The van der Waals surface area contributed by atoms with E-state index in [1.54, 1.807) is 12.1 Å². The molecule has 2 heterocycles. The van der Waals surface area contributed by atoms with Crippen LogP contribution in [-0.4, -0.2) is 9.13 Å². The van der Waals surface area contributed by atoms with E-state index in [9.17, 15) is 4.39 Å². The number of hydrogen-bond donors (Lipinski definition) is 0. The van der Waals surface area contributed by atoms with Crippen molar-refractivity contribution in [2.24, 2.45) is 0 Å². The van der Waals surface area contributed by atoms with E-state index < -0.39 is 0 Å². The van der Waals surface area contributed by atoms with Gasteiger partial charge >= 0.3 is 0 Å². The average molecular weight is 670 g/mol. The molecule has 0 aliphatic rings. The molecule has 0 N–H and O–H groups in total. The highest BCUT2D eigenvalue weighted by atomic mass is 19.1. The van der Waals surface area contributed by atoms with Crippen molar-refractivity contribution in [2.75, 3.05) is 4.90 Å². The van der Waals surface area contributed by atoms with Crippen molar-refractivity contribution in [3.8, 4) is 22.5 Å². The summed E-state index contributed by atoms with van der Waals surface area (Å²) in [6.45, 7) is 0. The van der Waals surface area contributed by atoms with E-state index in [4.69, 9.17) is 0 Å². The van der Waals surface area contributed by atoms with Crippen LogP contribution >= 0.6 is 0 Å². The van der Waals surface area contributed by atoms with Crippen LogP contribution in [0.15, 0.2) is 194 Å². The average Bonchev–Trinajstić information content (AvgIpc) is 3.71. The van der Waals surface area contributed by atoms with Gasteiger partial charge in [-0.1, -0.05) is 115 Å². The highest BCUT2D eigenvalue weighted by molar-refractivity contribution is 6.12. The van der Waals surface area contributed by atoms with Gasteiger partial charge in [0.15, 0.2) is 0 Å². The van der Waals surface area contributed by atoms with Crippen LogP contribution in [-0.2, 0) is 0 Å². The van der Waals surface area contributed by atoms with Crippen LogP contribution in [0.4, 0.5) is 21.5 Å². The van der Waals surface area contributed by atoms with Crippen molar-refractivity contribution in [1.29, 1.82) is 0 Å². The van der Waals surface area contributed by atoms with Gasteiger partial charge in [-0.2, -0.15) is 0 Å². The molecule has 52 heavy (non-hydrogen) atoms. The molecule has 8 aromatic carbocycles. The van der Waals surface area contributed by atoms with Gasteiger partial charge in [0.2, 0.25) is 0 Å². The summed E-state index contributed by atoms with van der Waals surface area (Å²) in [5.74, 6) is -0.263. The summed E-state index contributed by atoms with van der Waals surface area (Å²) in [5, 5.41) is 4.65. The summed E-state index contributed by atoms with van der Waals surface area (Å²) in [6, 6.07) is 67.1. The van der Waals surface area contributed by atoms with Crippen LogP contribution in [0.5, 0.6) is 0 Å². The Balaban J connectivity index is 1.25. The largest absolute Gasteiger partial charge is 0.310 e. The molecule has 10 aromatic rings. The molecule has 0 saturated carbocycles. The van der Waals surface area contributed by atoms with Gasteiger partial charge in [-0.15, -0.1) is 0 Å². The van der Waals surface area contributed by atoms with Crippen LogP contribution in [0.25, 0.3) is 66.1 Å². The number of fused-ring (bicyclic) bond motifs is 6. The Morgan fingerprint density at radius 2 is 0.808 bits per heavy atom. The zero-order valence-electron chi connectivity index (χ0n) is 28.2. The molecule has 0 bridgehead atoms. The van der Waals surface area contributed by atoms with Crippen LogP contribution in [0.2, 0.25) is 0 Å². The number of hydrogen-bond acceptors (Lipinski definition) is 1. The second-order valence-electron chi connectivity index (χ2n) is 13.2. The fraction of sp³-hybridized carbons (Fsp3) is 0. The first-order valence-corrected chi connectivity index (χ1v) is 17.5. The first kappa shape index (κ1) is 30.0. The zero-order chi connectivity index (χ0) is 34.6. The molecule has 0 amide bonds. The smallest absolute Gasteiger partial charge is 0.125 e. The third-order valence-electron chi connectivity index (χ3n) is 10.1. The number of rotatable bonds is 6. The minimum atomic E-state index is -0.263. The zero-order valence-corrected chi connectivity index (χ0v) is 28.2. The van der Waals surface area contributed by atoms with E-state index >= 15 is 0 Å². The second-order valence-corrected chi connectivity index (χ2v) is 13.2. The number of halogens is 1. The molecular weight excluding hydrogens is 638 g/mol. The lowest BCUT2D eigenvalue weighted by atomic mass is 10.0. The molecule has 0 unspecified atom stereocenters. The standard InChI is InChI=1S/C48H32FN3/c49-35-16-12-20-38(30-35)52-46-24-10-8-22-42(46)44-28-26-40(32-48(44)52)50(37-19-11-15-34(29-37)33-13-3-1-4-14-33)39-25-27-43-41-21-7-9-23-45(41)51(47(43)31-39)36-17-5-2-6-18-36/h1-32H. The van der Waals surface area contributed by atoms with E-state index in [0.29, 0.717) is 0 Å². The Morgan fingerprint density at radius 3 is 1.44 bits per heavy atom. The lowest BCUT2D eigenvalue weighted by Gasteiger charge is -2.27. The number of nitrogens with zero attached hydrogens (tertiary/aromatic N) is 3. The molecule has 0 atom stereocenters. The molecule has 0 saturated heterocycles. The summed E-state index contributed by atoms with van der Waals surface area (Å²) in [7, 11) is 0. The van der Waals surface area contributed by atoms with Gasteiger partial charge < -0.3 is 14.0 Å². The summed E-state index contributed by atoms with van der Waals surface area (Å²) >= 11 is 0. The van der Waals surface area contributed by atoms with Crippen molar-refractivity contribution < 1.29 is 4.39 Å². The Kier molecular flexibility index (Phi) is 7.00. The summed E-state index contributed by atoms with van der Waals surface area (Å²) in [6.07, 6.45) is 0. The summed E-state index contributed by atoms with van der Waals surface area (Å²) in [4.78, 5) is 2.34. The van der Waals surface area contributed by atoms with E-state index in [0.717, 1.165) is 66.9 Å². The van der Waals surface area contributed by atoms with Gasteiger partial charge in [0.1, 0.15) is 5.82 Å². The van der Waals surface area contributed by atoms with Gasteiger partial charge in [0.05, 0.1) is 22.1 Å². The minimum Gasteiger partial charge on any atom is -0.310 e. The molecule has 0 fully saturated rings. The van der Waals surface area contributed by atoms with Crippen molar-refractivity contribution in [2.45, 2.75) is 0 Å². The van der Waals surface area contributed by atoms with Gasteiger partial charge in [-0.25, -0.2) is 4.39 Å². The highest BCUT2D eigenvalue weighted by Gasteiger charge is 2.20. The Morgan fingerprint density at radius 1 is 0.327 bits per heavy atom. The normalized spacial score (nSPS) is 11.6. The fourth-order valence-electron chi connectivity index (χ4n) is 7.85. The second kappa shape index (κ2) is 12.1. The minimum absolute atomic E-state index is 0.263. The van der Waals surface area contributed by atoms with Crippen molar-refractivity contribution in [3.63, 3.8) is 0 Å². The van der Waals surface area contributed by atoms with Crippen molar-refractivity contribution >= 4 is 60.7 Å². The van der Waals surface area contributed by atoms with Crippen LogP contribution < -0.4 is 4.90 Å². The third kappa shape index (κ3) is 4.88. The molecule has 0 aliphatic carbocycles.